The fourth-order valence-electron chi connectivity index (χ4n) is 3.40. The Morgan fingerprint density at radius 1 is 1.06 bits per heavy atom. The number of urea groups is 1. The van der Waals surface area contributed by atoms with Gasteiger partial charge in [0.1, 0.15) is 5.01 Å². The maximum Gasteiger partial charge on any atom is 0.322 e. The van der Waals surface area contributed by atoms with Gasteiger partial charge in [-0.2, -0.15) is 0 Å². The Kier molecular flexibility index (Phi) is 5.90. The molecule has 1 fully saturated rings. The zero-order chi connectivity index (χ0) is 22.0. The normalized spacial score (nSPS) is 15.7. The number of rotatable bonds is 4. The number of carbonyl (C=O) groups excluding carboxylic acids is 2. The summed E-state index contributed by atoms with van der Waals surface area (Å²) >= 11 is 1.07. The number of amides is 3. The number of likely N-dealkylation sites (tertiary alicyclic amines) is 1. The van der Waals surface area contributed by atoms with Gasteiger partial charge in [0.25, 0.3) is 5.91 Å². The molecule has 3 amide bonds. The van der Waals surface area contributed by atoms with Crippen LogP contribution in [0.2, 0.25) is 0 Å². The summed E-state index contributed by atoms with van der Waals surface area (Å²) < 4.78 is 26.4. The van der Waals surface area contributed by atoms with Crippen molar-refractivity contribution in [3.8, 4) is 0 Å². The van der Waals surface area contributed by atoms with Gasteiger partial charge in [-0.05, 0) is 49.6 Å². The molecule has 0 saturated carbocycles. The summed E-state index contributed by atoms with van der Waals surface area (Å²) in [5, 5.41) is 14.0. The number of halogens is 2. The second-order valence-corrected chi connectivity index (χ2v) is 8.19. The average Bonchev–Trinajstić information content (AvgIpc) is 3.40. The van der Waals surface area contributed by atoms with Crippen LogP contribution < -0.4 is 10.6 Å². The van der Waals surface area contributed by atoms with E-state index in [0.717, 1.165) is 35.5 Å². The van der Waals surface area contributed by atoms with Crippen molar-refractivity contribution in [3.63, 3.8) is 0 Å². The van der Waals surface area contributed by atoms with Gasteiger partial charge in [0.15, 0.2) is 11.6 Å². The summed E-state index contributed by atoms with van der Waals surface area (Å²) in [6.45, 7) is 2.51. The van der Waals surface area contributed by atoms with E-state index in [2.05, 4.69) is 20.8 Å². The molecule has 1 saturated heterocycles. The van der Waals surface area contributed by atoms with Gasteiger partial charge in [0, 0.05) is 24.0 Å². The highest BCUT2D eigenvalue weighted by molar-refractivity contribution is 7.13. The standard InChI is InChI=1S/C21H19F2N5O2S/c1-12-4-2-5-13(10-12)25-21(30)28-9-3-6-17(28)19-26-27-20(31-19)18(29)24-14-7-8-15(22)16(23)11-14/h2,4-5,7-8,10-11,17H,3,6,9H2,1H3,(H,24,29)(H,25,30)/t17-/m0/s1. The Morgan fingerprint density at radius 2 is 1.87 bits per heavy atom. The fraction of sp³-hybridized carbons (Fsp3) is 0.238. The largest absolute Gasteiger partial charge is 0.322 e. The van der Waals surface area contributed by atoms with E-state index >= 15 is 0 Å². The van der Waals surface area contributed by atoms with Crippen molar-refractivity contribution >= 4 is 34.6 Å². The number of hydrogen-bond acceptors (Lipinski definition) is 5. The van der Waals surface area contributed by atoms with Gasteiger partial charge in [-0.1, -0.05) is 23.5 Å². The molecule has 2 heterocycles. The van der Waals surface area contributed by atoms with E-state index in [1.165, 1.54) is 6.07 Å². The van der Waals surface area contributed by atoms with Crippen LogP contribution >= 0.6 is 11.3 Å². The lowest BCUT2D eigenvalue weighted by molar-refractivity contribution is 0.102. The molecule has 0 radical (unpaired) electrons. The smallest absolute Gasteiger partial charge is 0.320 e. The Balaban J connectivity index is 1.45. The molecule has 2 aromatic carbocycles. The maximum absolute atomic E-state index is 13.3. The molecular formula is C21H19F2N5O2S. The topological polar surface area (TPSA) is 87.2 Å². The highest BCUT2D eigenvalue weighted by atomic mass is 32.1. The van der Waals surface area contributed by atoms with Gasteiger partial charge in [0.05, 0.1) is 6.04 Å². The average molecular weight is 443 g/mol. The zero-order valence-corrected chi connectivity index (χ0v) is 17.4. The summed E-state index contributed by atoms with van der Waals surface area (Å²) in [5.74, 6) is -2.64. The number of nitrogens with zero attached hydrogens (tertiary/aromatic N) is 3. The van der Waals surface area contributed by atoms with Crippen molar-refractivity contribution in [1.29, 1.82) is 0 Å². The summed E-state index contributed by atoms with van der Waals surface area (Å²) in [6, 6.07) is 10.1. The van der Waals surface area contributed by atoms with Crippen LogP contribution in [-0.2, 0) is 0 Å². The maximum atomic E-state index is 13.3. The van der Waals surface area contributed by atoms with E-state index in [1.54, 1.807) is 4.90 Å². The minimum atomic E-state index is -1.06. The van der Waals surface area contributed by atoms with Crippen LogP contribution in [0.3, 0.4) is 0 Å². The lowest BCUT2D eigenvalue weighted by Crippen LogP contribution is -2.34. The van der Waals surface area contributed by atoms with Crippen molar-refractivity contribution in [2.45, 2.75) is 25.8 Å². The van der Waals surface area contributed by atoms with Gasteiger partial charge in [-0.15, -0.1) is 10.2 Å². The Morgan fingerprint density at radius 3 is 2.65 bits per heavy atom. The van der Waals surface area contributed by atoms with E-state index in [-0.39, 0.29) is 22.8 Å². The van der Waals surface area contributed by atoms with Gasteiger partial charge >= 0.3 is 6.03 Å². The molecular weight excluding hydrogens is 424 g/mol. The van der Waals surface area contributed by atoms with Crippen LogP contribution in [0.1, 0.15) is 39.3 Å². The predicted octanol–water partition coefficient (Wildman–Crippen LogP) is 4.75. The second kappa shape index (κ2) is 8.76. The van der Waals surface area contributed by atoms with E-state index in [1.807, 2.05) is 31.2 Å². The van der Waals surface area contributed by atoms with Crippen LogP contribution in [-0.4, -0.2) is 33.6 Å². The van der Waals surface area contributed by atoms with E-state index in [4.69, 9.17) is 0 Å². The highest BCUT2D eigenvalue weighted by Crippen LogP contribution is 2.34. The first kappa shape index (κ1) is 20.9. The monoisotopic (exact) mass is 443 g/mol. The van der Waals surface area contributed by atoms with Crippen LogP contribution in [0.5, 0.6) is 0 Å². The first-order valence-electron chi connectivity index (χ1n) is 9.65. The molecule has 7 nitrogen and oxygen atoms in total. The fourth-order valence-corrected chi connectivity index (χ4v) is 4.29. The van der Waals surface area contributed by atoms with Crippen molar-refractivity contribution in [2.24, 2.45) is 0 Å². The minimum absolute atomic E-state index is 0.0747. The molecule has 31 heavy (non-hydrogen) atoms. The number of aromatic nitrogens is 2. The summed E-state index contributed by atoms with van der Waals surface area (Å²) in [4.78, 5) is 26.9. The summed E-state index contributed by atoms with van der Waals surface area (Å²) in [7, 11) is 0. The van der Waals surface area contributed by atoms with Crippen molar-refractivity contribution in [2.75, 3.05) is 17.2 Å². The lowest BCUT2D eigenvalue weighted by atomic mass is 10.2. The molecule has 10 heteroatoms. The minimum Gasteiger partial charge on any atom is -0.320 e. The van der Waals surface area contributed by atoms with Crippen molar-refractivity contribution in [3.05, 3.63) is 69.7 Å². The SMILES string of the molecule is Cc1cccc(NC(=O)N2CCC[C@H]2c2nnc(C(=O)Nc3ccc(F)c(F)c3)s2)c1. The molecule has 0 aliphatic carbocycles. The molecule has 160 valence electrons. The van der Waals surface area contributed by atoms with E-state index in [9.17, 15) is 18.4 Å². The quantitative estimate of drug-likeness (QED) is 0.609. The first-order chi connectivity index (χ1) is 14.9. The third kappa shape index (κ3) is 4.69. The third-order valence-electron chi connectivity index (χ3n) is 4.88. The molecule has 3 aromatic rings. The van der Waals surface area contributed by atoms with Gasteiger partial charge in [0.2, 0.25) is 5.01 Å². The molecule has 1 aliphatic heterocycles. The molecule has 0 bridgehead atoms. The number of hydrogen-bond donors (Lipinski definition) is 2. The lowest BCUT2D eigenvalue weighted by Gasteiger charge is -2.23. The first-order valence-corrected chi connectivity index (χ1v) is 10.5. The summed E-state index contributed by atoms with van der Waals surface area (Å²) in [5.41, 5.74) is 1.86. The van der Waals surface area contributed by atoms with Crippen molar-refractivity contribution < 1.29 is 18.4 Å². The number of carbonyl (C=O) groups is 2. The van der Waals surface area contributed by atoms with Crippen LogP contribution in [0.25, 0.3) is 0 Å². The molecule has 0 unspecified atom stereocenters. The number of anilines is 2. The summed E-state index contributed by atoms with van der Waals surface area (Å²) in [6.07, 6.45) is 1.52. The van der Waals surface area contributed by atoms with E-state index in [0.29, 0.717) is 23.7 Å². The van der Waals surface area contributed by atoms with Crippen LogP contribution in [0.15, 0.2) is 42.5 Å². The van der Waals surface area contributed by atoms with Crippen molar-refractivity contribution in [1.82, 2.24) is 15.1 Å². The van der Waals surface area contributed by atoms with Gasteiger partial charge in [-0.3, -0.25) is 4.79 Å². The van der Waals surface area contributed by atoms with Gasteiger partial charge in [-0.25, -0.2) is 13.6 Å². The molecule has 0 spiro atoms. The zero-order valence-electron chi connectivity index (χ0n) is 16.6. The Labute approximate surface area is 181 Å². The Hall–Kier alpha value is -3.40. The van der Waals surface area contributed by atoms with Crippen LogP contribution in [0.4, 0.5) is 25.0 Å². The molecule has 1 aromatic heterocycles. The van der Waals surface area contributed by atoms with Gasteiger partial charge < -0.3 is 15.5 Å². The molecule has 1 aliphatic rings. The number of nitrogens with one attached hydrogen (secondary N) is 2. The Bertz CT molecular complexity index is 1140. The second-order valence-electron chi connectivity index (χ2n) is 7.18. The molecule has 4 rings (SSSR count). The number of benzene rings is 2. The molecule has 2 N–H and O–H groups in total. The van der Waals surface area contributed by atoms with E-state index < -0.39 is 17.5 Å². The number of aryl methyl sites for hydroxylation is 1. The molecule has 1 atom stereocenters. The predicted molar refractivity (Wildman–Crippen MR) is 113 cm³/mol. The van der Waals surface area contributed by atoms with Crippen LogP contribution in [0, 0.1) is 18.6 Å². The third-order valence-corrected chi connectivity index (χ3v) is 5.90. The highest BCUT2D eigenvalue weighted by Gasteiger charge is 2.33.